The Morgan fingerprint density at radius 2 is 2.05 bits per heavy atom. The maximum Gasteiger partial charge on any atom is 0.0643 e. The SMILES string of the molecule is CCNCc1cccc(Cl)c1N(CCO)C1CCCCC1. The van der Waals surface area contributed by atoms with Crippen molar-refractivity contribution in [2.75, 3.05) is 24.6 Å². The van der Waals surface area contributed by atoms with Crippen molar-refractivity contribution in [1.82, 2.24) is 5.32 Å². The molecule has 21 heavy (non-hydrogen) atoms. The van der Waals surface area contributed by atoms with Crippen LogP contribution in [-0.2, 0) is 6.54 Å². The van der Waals surface area contributed by atoms with Crippen molar-refractivity contribution in [1.29, 1.82) is 0 Å². The summed E-state index contributed by atoms with van der Waals surface area (Å²) in [6.07, 6.45) is 6.28. The van der Waals surface area contributed by atoms with E-state index < -0.39 is 0 Å². The zero-order valence-corrected chi connectivity index (χ0v) is 13.7. The molecule has 1 aliphatic carbocycles. The monoisotopic (exact) mass is 310 g/mol. The third-order valence-corrected chi connectivity index (χ3v) is 4.58. The summed E-state index contributed by atoms with van der Waals surface area (Å²) in [5.74, 6) is 0. The van der Waals surface area contributed by atoms with E-state index in [9.17, 15) is 5.11 Å². The van der Waals surface area contributed by atoms with Crippen molar-refractivity contribution in [2.45, 2.75) is 51.6 Å². The number of rotatable bonds is 7. The van der Waals surface area contributed by atoms with Crippen molar-refractivity contribution >= 4 is 17.3 Å². The van der Waals surface area contributed by atoms with E-state index in [2.05, 4.69) is 23.2 Å². The van der Waals surface area contributed by atoms with Gasteiger partial charge in [0.25, 0.3) is 0 Å². The van der Waals surface area contributed by atoms with Crippen LogP contribution in [-0.4, -0.2) is 30.8 Å². The van der Waals surface area contributed by atoms with Crippen LogP contribution in [0.2, 0.25) is 5.02 Å². The maximum atomic E-state index is 9.49. The van der Waals surface area contributed by atoms with Gasteiger partial charge >= 0.3 is 0 Å². The number of benzene rings is 1. The van der Waals surface area contributed by atoms with Gasteiger partial charge in [0.1, 0.15) is 0 Å². The molecular weight excluding hydrogens is 284 g/mol. The highest BCUT2D eigenvalue weighted by atomic mass is 35.5. The van der Waals surface area contributed by atoms with Crippen LogP contribution < -0.4 is 10.2 Å². The number of hydrogen-bond acceptors (Lipinski definition) is 3. The first kappa shape index (κ1) is 16.6. The highest BCUT2D eigenvalue weighted by Crippen LogP contribution is 2.35. The van der Waals surface area contributed by atoms with Crippen LogP contribution in [0.15, 0.2) is 18.2 Å². The van der Waals surface area contributed by atoms with Gasteiger partial charge in [0.15, 0.2) is 0 Å². The summed E-state index contributed by atoms with van der Waals surface area (Å²) in [4.78, 5) is 2.34. The number of aliphatic hydroxyl groups is 1. The fourth-order valence-electron chi connectivity index (χ4n) is 3.26. The Morgan fingerprint density at radius 3 is 2.71 bits per heavy atom. The summed E-state index contributed by atoms with van der Waals surface area (Å²) in [7, 11) is 0. The molecule has 0 aromatic heterocycles. The molecule has 4 heteroatoms. The van der Waals surface area contributed by atoms with E-state index in [0.717, 1.165) is 23.8 Å². The minimum atomic E-state index is 0.169. The number of anilines is 1. The molecule has 0 spiro atoms. The molecular formula is C17H27ClN2O. The van der Waals surface area contributed by atoms with E-state index in [1.165, 1.54) is 37.7 Å². The van der Waals surface area contributed by atoms with Crippen molar-refractivity contribution < 1.29 is 5.11 Å². The molecule has 0 radical (unpaired) electrons. The molecule has 2 rings (SSSR count). The van der Waals surface area contributed by atoms with E-state index in [4.69, 9.17) is 11.6 Å². The van der Waals surface area contributed by atoms with Gasteiger partial charge in [-0.05, 0) is 31.0 Å². The summed E-state index contributed by atoms with van der Waals surface area (Å²) in [5.41, 5.74) is 2.34. The van der Waals surface area contributed by atoms with Gasteiger partial charge in [-0.2, -0.15) is 0 Å². The number of nitrogens with zero attached hydrogens (tertiary/aromatic N) is 1. The molecule has 0 atom stereocenters. The fourth-order valence-corrected chi connectivity index (χ4v) is 3.56. The zero-order valence-electron chi connectivity index (χ0n) is 12.9. The lowest BCUT2D eigenvalue weighted by Gasteiger charge is -2.37. The van der Waals surface area contributed by atoms with E-state index >= 15 is 0 Å². The predicted molar refractivity (Wildman–Crippen MR) is 90.1 cm³/mol. The highest BCUT2D eigenvalue weighted by molar-refractivity contribution is 6.33. The lowest BCUT2D eigenvalue weighted by molar-refractivity contribution is 0.290. The van der Waals surface area contributed by atoms with Crippen LogP contribution in [0.4, 0.5) is 5.69 Å². The number of halogens is 1. The third-order valence-electron chi connectivity index (χ3n) is 4.28. The van der Waals surface area contributed by atoms with Crippen molar-refractivity contribution in [3.05, 3.63) is 28.8 Å². The molecule has 1 saturated carbocycles. The molecule has 1 aromatic rings. The van der Waals surface area contributed by atoms with Crippen molar-refractivity contribution in [3.8, 4) is 0 Å². The molecule has 0 amide bonds. The quantitative estimate of drug-likeness (QED) is 0.808. The molecule has 0 aliphatic heterocycles. The normalized spacial score (nSPS) is 16.1. The van der Waals surface area contributed by atoms with Gasteiger partial charge in [0, 0.05) is 19.1 Å². The Labute approximate surface area is 133 Å². The molecule has 0 heterocycles. The van der Waals surface area contributed by atoms with E-state index in [1.54, 1.807) is 0 Å². The molecule has 0 saturated heterocycles. The van der Waals surface area contributed by atoms with Crippen LogP contribution in [0, 0.1) is 0 Å². The number of aliphatic hydroxyl groups excluding tert-OH is 1. The minimum absolute atomic E-state index is 0.169. The van der Waals surface area contributed by atoms with Gasteiger partial charge in [0.2, 0.25) is 0 Å². The molecule has 1 fully saturated rings. The van der Waals surface area contributed by atoms with E-state index in [-0.39, 0.29) is 6.61 Å². The maximum absolute atomic E-state index is 9.49. The largest absolute Gasteiger partial charge is 0.395 e. The summed E-state index contributed by atoms with van der Waals surface area (Å²) >= 11 is 6.51. The average molecular weight is 311 g/mol. The Kier molecular flexibility index (Phi) is 6.81. The molecule has 0 bridgehead atoms. The minimum Gasteiger partial charge on any atom is -0.395 e. The van der Waals surface area contributed by atoms with E-state index in [1.807, 2.05) is 12.1 Å². The first-order valence-corrected chi connectivity index (χ1v) is 8.51. The van der Waals surface area contributed by atoms with Gasteiger partial charge in [-0.3, -0.25) is 0 Å². The van der Waals surface area contributed by atoms with Crippen LogP contribution in [0.1, 0.15) is 44.6 Å². The third kappa shape index (κ3) is 4.35. The van der Waals surface area contributed by atoms with Crippen LogP contribution >= 0.6 is 11.6 Å². The Balaban J connectivity index is 2.28. The standard InChI is InChI=1S/C17H27ClN2O/c1-2-19-13-14-7-6-10-16(18)17(14)20(11-12-21)15-8-4-3-5-9-15/h6-7,10,15,19,21H,2-5,8-9,11-13H2,1H3. The van der Waals surface area contributed by atoms with Crippen LogP contribution in [0.25, 0.3) is 0 Å². The first-order valence-electron chi connectivity index (χ1n) is 8.13. The molecule has 0 unspecified atom stereocenters. The fraction of sp³-hybridized carbons (Fsp3) is 0.647. The predicted octanol–water partition coefficient (Wildman–Crippen LogP) is 3.58. The Bertz CT molecular complexity index is 433. The molecule has 118 valence electrons. The van der Waals surface area contributed by atoms with E-state index in [0.29, 0.717) is 12.6 Å². The number of hydrogen-bond donors (Lipinski definition) is 2. The zero-order chi connectivity index (χ0) is 15.1. The van der Waals surface area contributed by atoms with Crippen molar-refractivity contribution in [2.24, 2.45) is 0 Å². The Morgan fingerprint density at radius 1 is 1.29 bits per heavy atom. The summed E-state index contributed by atoms with van der Waals surface area (Å²) in [6, 6.07) is 6.61. The van der Waals surface area contributed by atoms with Crippen molar-refractivity contribution in [3.63, 3.8) is 0 Å². The van der Waals surface area contributed by atoms with Gasteiger partial charge in [-0.25, -0.2) is 0 Å². The molecule has 1 aliphatic rings. The summed E-state index contributed by atoms with van der Waals surface area (Å²) in [6.45, 7) is 4.70. The topological polar surface area (TPSA) is 35.5 Å². The van der Waals surface area contributed by atoms with Gasteiger partial charge in [-0.15, -0.1) is 0 Å². The Hall–Kier alpha value is -0.770. The van der Waals surface area contributed by atoms with Gasteiger partial charge < -0.3 is 15.3 Å². The van der Waals surface area contributed by atoms with Crippen LogP contribution in [0.5, 0.6) is 0 Å². The molecule has 1 aromatic carbocycles. The second-order valence-corrected chi connectivity index (χ2v) is 6.14. The highest BCUT2D eigenvalue weighted by Gasteiger charge is 2.24. The molecule has 2 N–H and O–H groups in total. The van der Waals surface area contributed by atoms with Gasteiger partial charge in [-0.1, -0.05) is 49.9 Å². The summed E-state index contributed by atoms with van der Waals surface area (Å²) in [5, 5.41) is 13.7. The average Bonchev–Trinajstić information content (AvgIpc) is 2.52. The lowest BCUT2D eigenvalue weighted by atomic mass is 9.93. The number of para-hydroxylation sites is 1. The number of nitrogens with one attached hydrogen (secondary N) is 1. The molecule has 3 nitrogen and oxygen atoms in total. The lowest BCUT2D eigenvalue weighted by Crippen LogP contribution is -2.40. The van der Waals surface area contributed by atoms with Gasteiger partial charge in [0.05, 0.1) is 17.3 Å². The second kappa shape index (κ2) is 8.62. The smallest absolute Gasteiger partial charge is 0.0643 e. The summed E-state index contributed by atoms with van der Waals surface area (Å²) < 4.78 is 0. The second-order valence-electron chi connectivity index (χ2n) is 5.74. The first-order chi connectivity index (χ1) is 10.3. The van der Waals surface area contributed by atoms with Crippen LogP contribution in [0.3, 0.4) is 0 Å².